The third-order valence-corrected chi connectivity index (χ3v) is 5.09. The summed E-state index contributed by atoms with van der Waals surface area (Å²) in [6.45, 7) is -0.464. The molecule has 0 atom stereocenters. The van der Waals surface area contributed by atoms with Crippen LogP contribution >= 0.6 is 0 Å². The second kappa shape index (κ2) is 9.92. The summed E-state index contributed by atoms with van der Waals surface area (Å²) >= 11 is 0. The van der Waals surface area contributed by atoms with Gasteiger partial charge >= 0.3 is 5.97 Å². The Hall–Kier alpha value is -3.07. The van der Waals surface area contributed by atoms with Gasteiger partial charge in [0.25, 0.3) is 5.91 Å². The lowest BCUT2D eigenvalue weighted by Crippen LogP contribution is -2.21. The standard InChI is InChI=1S/C20H23NO7S/c1-26-17-9-7-14(11-18(17)27-2)8-10-20(23)28-13-19(22)21-15-5-4-6-16(12-15)29(3,24)25/h4-7,9,11-12H,8,10,13H2,1-3H3,(H,21,22). The molecule has 1 N–H and O–H groups in total. The first-order chi connectivity index (χ1) is 13.7. The van der Waals surface area contributed by atoms with Crippen LogP contribution in [0.15, 0.2) is 47.4 Å². The van der Waals surface area contributed by atoms with Gasteiger partial charge in [0.1, 0.15) is 0 Å². The lowest BCUT2D eigenvalue weighted by Gasteiger charge is -2.10. The van der Waals surface area contributed by atoms with E-state index in [1.165, 1.54) is 32.4 Å². The molecule has 0 saturated carbocycles. The maximum absolute atomic E-state index is 11.9. The number of esters is 1. The Morgan fingerprint density at radius 2 is 1.72 bits per heavy atom. The average Bonchev–Trinajstić information content (AvgIpc) is 2.70. The molecular formula is C20H23NO7S. The maximum atomic E-state index is 11.9. The Labute approximate surface area is 169 Å². The molecule has 2 rings (SSSR count). The topological polar surface area (TPSA) is 108 Å². The zero-order chi connectivity index (χ0) is 21.4. The molecule has 0 fully saturated rings. The normalized spacial score (nSPS) is 10.9. The number of ether oxygens (including phenoxy) is 3. The van der Waals surface area contributed by atoms with Crippen LogP contribution in [0, 0.1) is 0 Å². The number of carbonyl (C=O) groups is 2. The molecule has 0 unspecified atom stereocenters. The molecule has 29 heavy (non-hydrogen) atoms. The van der Waals surface area contributed by atoms with Crippen molar-refractivity contribution in [3.8, 4) is 11.5 Å². The molecule has 0 heterocycles. The minimum Gasteiger partial charge on any atom is -0.493 e. The van der Waals surface area contributed by atoms with Crippen LogP contribution in [0.3, 0.4) is 0 Å². The minimum atomic E-state index is -3.38. The Balaban J connectivity index is 1.83. The molecule has 156 valence electrons. The smallest absolute Gasteiger partial charge is 0.306 e. The lowest BCUT2D eigenvalue weighted by atomic mass is 10.1. The van der Waals surface area contributed by atoms with Crippen LogP contribution in [0.4, 0.5) is 5.69 Å². The van der Waals surface area contributed by atoms with Crippen molar-refractivity contribution < 1.29 is 32.2 Å². The van der Waals surface area contributed by atoms with Crippen LogP contribution in [-0.4, -0.2) is 47.4 Å². The summed E-state index contributed by atoms with van der Waals surface area (Å²) in [6, 6.07) is 11.2. The van der Waals surface area contributed by atoms with Crippen molar-refractivity contribution in [2.75, 3.05) is 32.4 Å². The average molecular weight is 421 g/mol. The first-order valence-electron chi connectivity index (χ1n) is 8.69. The van der Waals surface area contributed by atoms with Gasteiger partial charge in [0.05, 0.1) is 19.1 Å². The van der Waals surface area contributed by atoms with Gasteiger partial charge in [0.2, 0.25) is 0 Å². The zero-order valence-corrected chi connectivity index (χ0v) is 17.2. The molecule has 0 aliphatic carbocycles. The van der Waals surface area contributed by atoms with Crippen molar-refractivity contribution in [1.29, 1.82) is 0 Å². The van der Waals surface area contributed by atoms with Gasteiger partial charge in [-0.1, -0.05) is 12.1 Å². The number of hydrogen-bond acceptors (Lipinski definition) is 7. The van der Waals surface area contributed by atoms with Crippen molar-refractivity contribution in [2.45, 2.75) is 17.7 Å². The highest BCUT2D eigenvalue weighted by molar-refractivity contribution is 7.90. The number of carbonyl (C=O) groups excluding carboxylic acids is 2. The van der Waals surface area contributed by atoms with E-state index in [9.17, 15) is 18.0 Å². The van der Waals surface area contributed by atoms with Crippen molar-refractivity contribution in [3.63, 3.8) is 0 Å². The van der Waals surface area contributed by atoms with Gasteiger partial charge in [-0.25, -0.2) is 8.42 Å². The fourth-order valence-electron chi connectivity index (χ4n) is 2.50. The highest BCUT2D eigenvalue weighted by Gasteiger charge is 2.12. The third-order valence-electron chi connectivity index (χ3n) is 3.98. The van der Waals surface area contributed by atoms with Gasteiger partial charge in [-0.15, -0.1) is 0 Å². The summed E-state index contributed by atoms with van der Waals surface area (Å²) in [4.78, 5) is 23.9. The number of benzene rings is 2. The fraction of sp³-hybridized carbons (Fsp3) is 0.300. The van der Waals surface area contributed by atoms with E-state index in [1.807, 2.05) is 6.07 Å². The van der Waals surface area contributed by atoms with Crippen LogP contribution in [0.2, 0.25) is 0 Å². The van der Waals surface area contributed by atoms with E-state index in [0.29, 0.717) is 23.6 Å². The Morgan fingerprint density at radius 3 is 2.38 bits per heavy atom. The van der Waals surface area contributed by atoms with Gasteiger partial charge in [-0.2, -0.15) is 0 Å². The Morgan fingerprint density at radius 1 is 1.00 bits per heavy atom. The summed E-state index contributed by atoms with van der Waals surface area (Å²) in [5, 5.41) is 2.50. The van der Waals surface area contributed by atoms with Crippen LogP contribution in [0.1, 0.15) is 12.0 Å². The molecular weight excluding hydrogens is 398 g/mol. The maximum Gasteiger partial charge on any atom is 0.306 e. The van der Waals surface area contributed by atoms with Crippen molar-refractivity contribution >= 4 is 27.4 Å². The van der Waals surface area contributed by atoms with Crippen molar-refractivity contribution in [1.82, 2.24) is 0 Å². The summed E-state index contributed by atoms with van der Waals surface area (Å²) < 4.78 is 38.5. The lowest BCUT2D eigenvalue weighted by molar-refractivity contribution is -0.147. The zero-order valence-electron chi connectivity index (χ0n) is 16.4. The summed E-state index contributed by atoms with van der Waals surface area (Å²) in [6.07, 6.45) is 1.58. The molecule has 2 aromatic rings. The molecule has 0 aliphatic rings. The van der Waals surface area contributed by atoms with Crippen LogP contribution in [0.5, 0.6) is 11.5 Å². The number of sulfone groups is 1. The monoisotopic (exact) mass is 421 g/mol. The summed E-state index contributed by atoms with van der Waals surface area (Å²) in [5.74, 6) is 0.0689. The molecule has 0 aliphatic heterocycles. The van der Waals surface area contributed by atoms with E-state index in [2.05, 4.69) is 5.32 Å². The predicted molar refractivity (Wildman–Crippen MR) is 107 cm³/mol. The molecule has 0 bridgehead atoms. The van der Waals surface area contributed by atoms with Gasteiger partial charge in [-0.3, -0.25) is 9.59 Å². The van der Waals surface area contributed by atoms with Crippen LogP contribution in [0.25, 0.3) is 0 Å². The Bertz CT molecular complexity index is 986. The highest BCUT2D eigenvalue weighted by atomic mass is 32.2. The quantitative estimate of drug-likeness (QED) is 0.619. The number of aryl methyl sites for hydroxylation is 1. The van der Waals surface area contributed by atoms with Crippen LogP contribution in [-0.2, 0) is 30.6 Å². The predicted octanol–water partition coefficient (Wildman–Crippen LogP) is 2.22. The largest absolute Gasteiger partial charge is 0.493 e. The second-order valence-corrected chi connectivity index (χ2v) is 8.21. The second-order valence-electron chi connectivity index (χ2n) is 6.20. The van der Waals surface area contributed by atoms with Crippen molar-refractivity contribution in [3.05, 3.63) is 48.0 Å². The number of nitrogens with one attached hydrogen (secondary N) is 1. The number of methoxy groups -OCH3 is 2. The number of hydrogen-bond donors (Lipinski definition) is 1. The molecule has 0 aromatic heterocycles. The van der Waals surface area contributed by atoms with Gasteiger partial charge in [-0.05, 0) is 42.3 Å². The molecule has 0 spiro atoms. The van der Waals surface area contributed by atoms with E-state index < -0.39 is 28.3 Å². The highest BCUT2D eigenvalue weighted by Crippen LogP contribution is 2.28. The number of anilines is 1. The van der Waals surface area contributed by atoms with E-state index in [0.717, 1.165) is 11.8 Å². The summed E-state index contributed by atoms with van der Waals surface area (Å²) in [7, 11) is -0.317. The van der Waals surface area contributed by atoms with Gasteiger partial charge < -0.3 is 19.5 Å². The van der Waals surface area contributed by atoms with Crippen molar-refractivity contribution in [2.24, 2.45) is 0 Å². The third kappa shape index (κ3) is 6.79. The number of amides is 1. The van der Waals surface area contributed by atoms with E-state index in [-0.39, 0.29) is 11.3 Å². The SMILES string of the molecule is COc1ccc(CCC(=O)OCC(=O)Nc2cccc(S(C)(=O)=O)c2)cc1OC. The van der Waals surface area contributed by atoms with E-state index >= 15 is 0 Å². The molecule has 1 amide bonds. The molecule has 9 heteroatoms. The minimum absolute atomic E-state index is 0.0854. The van der Waals surface area contributed by atoms with E-state index in [4.69, 9.17) is 14.2 Å². The molecule has 0 radical (unpaired) electrons. The fourth-order valence-corrected chi connectivity index (χ4v) is 3.17. The van der Waals surface area contributed by atoms with Gasteiger partial charge in [0.15, 0.2) is 27.9 Å². The number of rotatable bonds is 9. The molecule has 0 saturated heterocycles. The Kier molecular flexibility index (Phi) is 7.60. The van der Waals surface area contributed by atoms with Gasteiger partial charge in [0, 0.05) is 18.4 Å². The summed E-state index contributed by atoms with van der Waals surface area (Å²) in [5.41, 5.74) is 1.17. The van der Waals surface area contributed by atoms with E-state index in [1.54, 1.807) is 18.2 Å². The first kappa shape index (κ1) is 22.2. The molecule has 8 nitrogen and oxygen atoms in total. The first-order valence-corrected chi connectivity index (χ1v) is 10.6. The molecule has 2 aromatic carbocycles. The van der Waals surface area contributed by atoms with Crippen LogP contribution < -0.4 is 14.8 Å².